The number of rotatable bonds is 7. The fourth-order valence-corrected chi connectivity index (χ4v) is 6.54. The van der Waals surface area contributed by atoms with Gasteiger partial charge in [0.25, 0.3) is 0 Å². The molecule has 2 aliphatic rings. The highest BCUT2D eigenvalue weighted by atomic mass is 32.1. The van der Waals surface area contributed by atoms with E-state index in [0.29, 0.717) is 24.1 Å². The lowest BCUT2D eigenvalue weighted by Crippen LogP contribution is -3.27. The maximum atomic E-state index is 6.38. The van der Waals surface area contributed by atoms with Crippen molar-refractivity contribution >= 4 is 12.2 Å². The summed E-state index contributed by atoms with van der Waals surface area (Å²) < 4.78 is 17.1. The van der Waals surface area contributed by atoms with Crippen molar-refractivity contribution in [1.29, 1.82) is 0 Å². The zero-order valence-corrected chi connectivity index (χ0v) is 24.2. The zero-order chi connectivity index (χ0) is 28.3. The van der Waals surface area contributed by atoms with Gasteiger partial charge >= 0.3 is 0 Å². The molecule has 0 radical (unpaired) electrons. The lowest BCUT2D eigenvalue weighted by atomic mass is 9.96. The molecular formula is C34H35N5O2S+2. The van der Waals surface area contributed by atoms with E-state index in [1.54, 1.807) is 4.90 Å². The second kappa shape index (κ2) is 11.9. The molecule has 212 valence electrons. The number of piperazine rings is 1. The molecule has 5 aromatic rings. The molecule has 1 fully saturated rings. The molecule has 0 saturated carbocycles. The van der Waals surface area contributed by atoms with Gasteiger partial charge in [-0.3, -0.25) is 4.57 Å². The van der Waals surface area contributed by atoms with E-state index < -0.39 is 0 Å². The fraction of sp³-hybridized carbons (Fsp3) is 0.235. The van der Waals surface area contributed by atoms with E-state index in [2.05, 4.69) is 72.8 Å². The molecule has 1 aromatic heterocycles. The van der Waals surface area contributed by atoms with Gasteiger partial charge in [0.1, 0.15) is 38.8 Å². The van der Waals surface area contributed by atoms with Gasteiger partial charge in [-0.05, 0) is 36.5 Å². The fourth-order valence-electron chi connectivity index (χ4n) is 6.24. The number of nitrogens with one attached hydrogen (secondary N) is 2. The number of hydrogen-bond donors (Lipinski definition) is 2. The highest BCUT2D eigenvalue weighted by Gasteiger charge is 2.33. The predicted octanol–water partition coefficient (Wildman–Crippen LogP) is 3.45. The Morgan fingerprint density at radius 1 is 0.738 bits per heavy atom. The third kappa shape index (κ3) is 5.36. The molecule has 2 N–H and O–H groups in total. The quantitative estimate of drug-likeness (QED) is 0.291. The van der Waals surface area contributed by atoms with Crippen LogP contribution >= 0.6 is 12.2 Å². The number of quaternary nitrogens is 2. The Hall–Kier alpha value is -4.24. The molecule has 3 heterocycles. The lowest BCUT2D eigenvalue weighted by Gasteiger charge is -2.35. The van der Waals surface area contributed by atoms with Crippen molar-refractivity contribution < 1.29 is 19.3 Å². The minimum absolute atomic E-state index is 0.325. The standard InChI is InChI=1S/C34H33N5O2S/c42-34-38(25-36-20-22-37(23-21-36)32(26-12-4-1-5-13-26)27-14-6-2-7-15-27)35-33(39(34)28-16-8-3-9-17-28)31-24-40-29-18-10-11-19-30(29)41-31/h1-19,31-32H,20-25H2/p+2/t31-/m1/s1. The molecule has 0 aliphatic carbocycles. The Bertz CT molecular complexity index is 1640. The largest absolute Gasteiger partial charge is 0.485 e. The normalized spacial score (nSPS) is 20.0. The van der Waals surface area contributed by atoms with E-state index in [1.165, 1.54) is 16.0 Å². The molecule has 42 heavy (non-hydrogen) atoms. The molecule has 0 unspecified atom stereocenters. The molecule has 1 saturated heterocycles. The van der Waals surface area contributed by atoms with Crippen LogP contribution in [0.1, 0.15) is 29.1 Å². The van der Waals surface area contributed by atoms with Gasteiger partial charge in [-0.2, -0.15) is 4.68 Å². The molecule has 7 rings (SSSR count). The summed E-state index contributed by atoms with van der Waals surface area (Å²) in [6, 6.07) is 40.1. The van der Waals surface area contributed by atoms with Crippen LogP contribution < -0.4 is 19.3 Å². The first-order valence-corrected chi connectivity index (χ1v) is 15.1. The smallest absolute Gasteiger partial charge is 0.207 e. The highest BCUT2D eigenvalue weighted by molar-refractivity contribution is 7.71. The summed E-state index contributed by atoms with van der Waals surface area (Å²) in [5.41, 5.74) is 3.71. The summed E-state index contributed by atoms with van der Waals surface area (Å²) in [5.74, 6) is 2.25. The minimum Gasteiger partial charge on any atom is -0.485 e. The van der Waals surface area contributed by atoms with E-state index in [0.717, 1.165) is 49.2 Å². The summed E-state index contributed by atoms with van der Waals surface area (Å²) in [4.78, 5) is 3.08. The number of fused-ring (bicyclic) bond motifs is 1. The third-order valence-corrected chi connectivity index (χ3v) is 8.72. The number of hydrogen-bond acceptors (Lipinski definition) is 4. The summed E-state index contributed by atoms with van der Waals surface area (Å²) in [5, 5.41) is 5.07. The van der Waals surface area contributed by atoms with Crippen molar-refractivity contribution in [3.05, 3.63) is 137 Å². The average molecular weight is 578 g/mol. The SMILES string of the molecule is S=c1n(C[NH+]2CC[NH+](C(c3ccccc3)c3ccccc3)CC2)nc([C@H]2COc3ccccc3O2)n1-c1ccccc1. The topological polar surface area (TPSA) is 50.1 Å². The van der Waals surface area contributed by atoms with Crippen LogP contribution in [0.25, 0.3) is 5.69 Å². The van der Waals surface area contributed by atoms with Gasteiger partial charge in [0.05, 0.1) is 0 Å². The van der Waals surface area contributed by atoms with Gasteiger partial charge in [-0.25, -0.2) is 0 Å². The zero-order valence-electron chi connectivity index (χ0n) is 23.4. The van der Waals surface area contributed by atoms with Gasteiger partial charge < -0.3 is 19.3 Å². The molecule has 0 amide bonds. The van der Waals surface area contributed by atoms with Crippen LogP contribution in [0.3, 0.4) is 0 Å². The van der Waals surface area contributed by atoms with Crippen molar-refractivity contribution in [2.45, 2.75) is 18.8 Å². The van der Waals surface area contributed by atoms with Crippen LogP contribution in [0.5, 0.6) is 11.5 Å². The van der Waals surface area contributed by atoms with E-state index in [4.69, 9.17) is 26.8 Å². The van der Waals surface area contributed by atoms with Gasteiger partial charge in [-0.1, -0.05) is 91.0 Å². The van der Waals surface area contributed by atoms with Crippen molar-refractivity contribution in [1.82, 2.24) is 14.3 Å². The first-order chi connectivity index (χ1) is 20.7. The predicted molar refractivity (Wildman–Crippen MR) is 164 cm³/mol. The van der Waals surface area contributed by atoms with Crippen LogP contribution in [0, 0.1) is 4.77 Å². The van der Waals surface area contributed by atoms with Crippen LogP contribution in [-0.2, 0) is 6.67 Å². The van der Waals surface area contributed by atoms with Crippen molar-refractivity contribution in [3.63, 3.8) is 0 Å². The van der Waals surface area contributed by atoms with Crippen molar-refractivity contribution in [2.24, 2.45) is 0 Å². The second-order valence-corrected chi connectivity index (χ2v) is 11.4. The maximum absolute atomic E-state index is 6.38. The van der Waals surface area contributed by atoms with Gasteiger partial charge in [0.15, 0.2) is 30.1 Å². The minimum atomic E-state index is -0.364. The molecule has 8 heteroatoms. The molecular weight excluding hydrogens is 542 g/mol. The second-order valence-electron chi connectivity index (χ2n) is 11.0. The molecule has 1 atom stereocenters. The van der Waals surface area contributed by atoms with E-state index in [9.17, 15) is 0 Å². The first kappa shape index (κ1) is 26.6. The van der Waals surface area contributed by atoms with Gasteiger partial charge in [0.2, 0.25) is 4.77 Å². The summed E-state index contributed by atoms with van der Waals surface area (Å²) in [6.45, 7) is 5.31. The van der Waals surface area contributed by atoms with Crippen molar-refractivity contribution in [2.75, 3.05) is 32.8 Å². The molecule has 4 aromatic carbocycles. The van der Waals surface area contributed by atoms with E-state index >= 15 is 0 Å². The molecule has 7 nitrogen and oxygen atoms in total. The van der Waals surface area contributed by atoms with Crippen LogP contribution in [0.15, 0.2) is 115 Å². The number of ether oxygens (including phenoxy) is 2. The highest BCUT2D eigenvalue weighted by Crippen LogP contribution is 2.36. The van der Waals surface area contributed by atoms with E-state index in [-0.39, 0.29) is 6.10 Å². The molecule has 2 aliphatic heterocycles. The maximum Gasteiger partial charge on any atom is 0.207 e. The van der Waals surface area contributed by atoms with Crippen LogP contribution in [0.4, 0.5) is 0 Å². The Morgan fingerprint density at radius 2 is 1.31 bits per heavy atom. The van der Waals surface area contributed by atoms with Gasteiger partial charge in [0, 0.05) is 16.8 Å². The Balaban J connectivity index is 1.12. The Morgan fingerprint density at radius 3 is 1.95 bits per heavy atom. The van der Waals surface area contributed by atoms with Crippen molar-refractivity contribution in [3.8, 4) is 17.2 Å². The van der Waals surface area contributed by atoms with Gasteiger partial charge in [-0.15, -0.1) is 5.10 Å². The Labute approximate surface area is 251 Å². The third-order valence-electron chi connectivity index (χ3n) is 8.32. The molecule has 0 bridgehead atoms. The lowest BCUT2D eigenvalue weighted by molar-refractivity contribution is -1.03. The number of aromatic nitrogens is 3. The summed E-state index contributed by atoms with van der Waals surface area (Å²) in [6.07, 6.45) is -0.364. The molecule has 0 spiro atoms. The first-order valence-electron chi connectivity index (χ1n) is 14.7. The number of para-hydroxylation sites is 3. The average Bonchev–Trinajstić information content (AvgIpc) is 3.38. The van der Waals surface area contributed by atoms with Crippen LogP contribution in [-0.4, -0.2) is 47.1 Å². The van der Waals surface area contributed by atoms with Crippen LogP contribution in [0.2, 0.25) is 0 Å². The summed E-state index contributed by atoms with van der Waals surface area (Å²) in [7, 11) is 0. The monoisotopic (exact) mass is 577 g/mol. The summed E-state index contributed by atoms with van der Waals surface area (Å²) >= 11 is 6.05. The number of nitrogens with zero attached hydrogens (tertiary/aromatic N) is 3. The Kier molecular flexibility index (Phi) is 7.57. The van der Waals surface area contributed by atoms with E-state index in [1.807, 2.05) is 51.7 Å². The number of benzene rings is 4.